The first-order valence-electron chi connectivity index (χ1n) is 7.55. The minimum atomic E-state index is -0.229. The van der Waals surface area contributed by atoms with Gasteiger partial charge in [0, 0.05) is 11.0 Å². The smallest absolute Gasteiger partial charge is 0.315 e. The van der Waals surface area contributed by atoms with Gasteiger partial charge in [-0.15, -0.1) is 0 Å². The summed E-state index contributed by atoms with van der Waals surface area (Å²) in [5.41, 5.74) is 1.95. The van der Waals surface area contributed by atoms with E-state index in [1.165, 1.54) is 0 Å². The van der Waals surface area contributed by atoms with Crippen LogP contribution in [0.4, 0.5) is 4.79 Å². The highest BCUT2D eigenvalue weighted by atomic mass is 79.9. The number of nitrogens with one attached hydrogen (secondary N) is 2. The van der Waals surface area contributed by atoms with Gasteiger partial charge in [-0.3, -0.25) is 0 Å². The highest BCUT2D eigenvalue weighted by molar-refractivity contribution is 9.10. The molecule has 24 heavy (non-hydrogen) atoms. The summed E-state index contributed by atoms with van der Waals surface area (Å²) in [7, 11) is 3.18. The van der Waals surface area contributed by atoms with Crippen molar-refractivity contribution in [2.24, 2.45) is 0 Å². The second kappa shape index (κ2) is 8.59. The molecule has 0 aliphatic rings. The lowest BCUT2D eigenvalue weighted by Crippen LogP contribution is -2.36. The van der Waals surface area contributed by atoms with Crippen LogP contribution in [0.2, 0.25) is 0 Å². The van der Waals surface area contributed by atoms with E-state index in [0.717, 1.165) is 15.6 Å². The number of hydrogen-bond donors (Lipinski definition) is 2. The average Bonchev–Trinajstić information content (AvgIpc) is 2.60. The van der Waals surface area contributed by atoms with Crippen molar-refractivity contribution in [2.75, 3.05) is 14.2 Å². The lowest BCUT2D eigenvalue weighted by Gasteiger charge is -2.17. The number of carbonyl (C=O) groups is 1. The molecule has 0 saturated heterocycles. The number of ether oxygens (including phenoxy) is 2. The third-order valence-electron chi connectivity index (χ3n) is 3.65. The molecule has 0 aliphatic carbocycles. The van der Waals surface area contributed by atoms with Crippen molar-refractivity contribution in [3.05, 3.63) is 58.1 Å². The highest BCUT2D eigenvalue weighted by Gasteiger charge is 2.12. The Morgan fingerprint density at radius 1 is 1.12 bits per heavy atom. The van der Waals surface area contributed by atoms with Gasteiger partial charge < -0.3 is 20.1 Å². The molecule has 0 bridgehead atoms. The van der Waals surface area contributed by atoms with Gasteiger partial charge in [-0.2, -0.15) is 0 Å². The van der Waals surface area contributed by atoms with E-state index in [1.807, 2.05) is 49.4 Å². The van der Waals surface area contributed by atoms with Crippen LogP contribution in [0.15, 0.2) is 46.9 Å². The second-order valence-electron chi connectivity index (χ2n) is 5.25. The maximum atomic E-state index is 12.1. The zero-order valence-electron chi connectivity index (χ0n) is 13.9. The van der Waals surface area contributed by atoms with Crippen LogP contribution in [-0.4, -0.2) is 20.3 Å². The molecule has 128 valence electrons. The molecule has 2 aromatic rings. The first-order chi connectivity index (χ1) is 11.5. The summed E-state index contributed by atoms with van der Waals surface area (Å²) in [5, 5.41) is 5.77. The molecule has 6 heteroatoms. The van der Waals surface area contributed by atoms with Crippen molar-refractivity contribution in [3.8, 4) is 11.5 Å². The number of carbonyl (C=O) groups excluding carboxylic acids is 1. The Morgan fingerprint density at radius 2 is 1.83 bits per heavy atom. The monoisotopic (exact) mass is 392 g/mol. The van der Waals surface area contributed by atoms with Gasteiger partial charge in [-0.05, 0) is 36.2 Å². The zero-order chi connectivity index (χ0) is 17.5. The lowest BCUT2D eigenvalue weighted by atomic mass is 10.1. The summed E-state index contributed by atoms with van der Waals surface area (Å²) in [6.45, 7) is 2.37. The van der Waals surface area contributed by atoms with Crippen LogP contribution in [0.25, 0.3) is 0 Å². The molecule has 5 nitrogen and oxygen atoms in total. The summed E-state index contributed by atoms with van der Waals surface area (Å²) in [6, 6.07) is 13.0. The third kappa shape index (κ3) is 4.64. The molecule has 0 spiro atoms. The van der Waals surface area contributed by atoms with Crippen LogP contribution in [0.3, 0.4) is 0 Å². The van der Waals surface area contributed by atoms with E-state index >= 15 is 0 Å². The molecule has 2 amide bonds. The standard InChI is InChI=1S/C18H21BrN2O3/c1-12(13-8-9-16(23-2)17(10-13)24-3)21-18(22)20-11-14-6-4-5-7-15(14)19/h4-10,12H,11H2,1-3H3,(H2,20,21,22). The van der Waals surface area contributed by atoms with Crippen molar-refractivity contribution < 1.29 is 14.3 Å². The molecule has 2 rings (SSSR count). The number of hydrogen-bond acceptors (Lipinski definition) is 3. The maximum absolute atomic E-state index is 12.1. The van der Waals surface area contributed by atoms with Crippen LogP contribution in [0.1, 0.15) is 24.1 Å². The van der Waals surface area contributed by atoms with Crippen LogP contribution in [0.5, 0.6) is 11.5 Å². The second-order valence-corrected chi connectivity index (χ2v) is 6.11. The molecule has 0 fully saturated rings. The first-order valence-corrected chi connectivity index (χ1v) is 8.34. The number of methoxy groups -OCH3 is 2. The van der Waals surface area contributed by atoms with Crippen molar-refractivity contribution in [1.29, 1.82) is 0 Å². The van der Waals surface area contributed by atoms with E-state index < -0.39 is 0 Å². The van der Waals surface area contributed by atoms with Gasteiger partial charge in [0.25, 0.3) is 0 Å². The Hall–Kier alpha value is -2.21. The largest absolute Gasteiger partial charge is 0.493 e. The Kier molecular flexibility index (Phi) is 6.49. The van der Waals surface area contributed by atoms with Crippen molar-refractivity contribution in [1.82, 2.24) is 10.6 Å². The Balaban J connectivity index is 1.95. The molecule has 0 radical (unpaired) electrons. The van der Waals surface area contributed by atoms with Gasteiger partial charge in [-0.1, -0.05) is 40.2 Å². The van der Waals surface area contributed by atoms with E-state index in [9.17, 15) is 4.79 Å². The van der Waals surface area contributed by atoms with E-state index in [-0.39, 0.29) is 12.1 Å². The molecule has 1 atom stereocenters. The van der Waals surface area contributed by atoms with Gasteiger partial charge in [0.1, 0.15) is 0 Å². The fraction of sp³-hybridized carbons (Fsp3) is 0.278. The molecule has 0 aliphatic heterocycles. The quantitative estimate of drug-likeness (QED) is 0.779. The molecule has 0 saturated carbocycles. The number of halogens is 1. The minimum absolute atomic E-state index is 0.163. The topological polar surface area (TPSA) is 59.6 Å². The maximum Gasteiger partial charge on any atom is 0.315 e. The third-order valence-corrected chi connectivity index (χ3v) is 4.43. The average molecular weight is 393 g/mol. The lowest BCUT2D eigenvalue weighted by molar-refractivity contribution is 0.237. The molecule has 2 N–H and O–H groups in total. The van der Waals surface area contributed by atoms with Crippen LogP contribution in [-0.2, 0) is 6.54 Å². The molecule has 1 unspecified atom stereocenters. The van der Waals surface area contributed by atoms with Crippen molar-refractivity contribution >= 4 is 22.0 Å². The molecule has 2 aromatic carbocycles. The number of urea groups is 1. The predicted molar refractivity (Wildman–Crippen MR) is 97.5 cm³/mol. The number of amides is 2. The Morgan fingerprint density at radius 3 is 2.50 bits per heavy atom. The van der Waals surface area contributed by atoms with Gasteiger partial charge in [0.05, 0.1) is 20.3 Å². The van der Waals surface area contributed by atoms with Crippen molar-refractivity contribution in [2.45, 2.75) is 19.5 Å². The summed E-state index contributed by atoms with van der Waals surface area (Å²) in [5.74, 6) is 1.30. The van der Waals surface area contributed by atoms with E-state index in [0.29, 0.717) is 18.0 Å². The fourth-order valence-corrected chi connectivity index (χ4v) is 2.70. The summed E-state index contributed by atoms with van der Waals surface area (Å²) in [6.07, 6.45) is 0. The summed E-state index contributed by atoms with van der Waals surface area (Å²) in [4.78, 5) is 12.1. The van der Waals surface area contributed by atoms with Crippen molar-refractivity contribution in [3.63, 3.8) is 0 Å². The summed E-state index contributed by atoms with van der Waals surface area (Å²) < 4.78 is 11.5. The zero-order valence-corrected chi connectivity index (χ0v) is 15.5. The number of benzene rings is 2. The first kappa shape index (κ1) is 18.1. The summed E-state index contributed by atoms with van der Waals surface area (Å²) >= 11 is 3.47. The Labute approximate surface area is 150 Å². The van der Waals surface area contributed by atoms with Crippen LogP contribution in [0, 0.1) is 0 Å². The van der Waals surface area contributed by atoms with Gasteiger partial charge in [0.2, 0.25) is 0 Å². The van der Waals surface area contributed by atoms with Gasteiger partial charge in [-0.25, -0.2) is 4.79 Å². The van der Waals surface area contributed by atoms with Crippen LogP contribution < -0.4 is 20.1 Å². The normalized spacial score (nSPS) is 11.5. The van der Waals surface area contributed by atoms with Gasteiger partial charge in [0.15, 0.2) is 11.5 Å². The molecule has 0 aromatic heterocycles. The van der Waals surface area contributed by atoms with Gasteiger partial charge >= 0.3 is 6.03 Å². The predicted octanol–water partition coefficient (Wildman–Crippen LogP) is 4.03. The minimum Gasteiger partial charge on any atom is -0.493 e. The highest BCUT2D eigenvalue weighted by Crippen LogP contribution is 2.29. The van der Waals surface area contributed by atoms with E-state index in [4.69, 9.17) is 9.47 Å². The fourth-order valence-electron chi connectivity index (χ4n) is 2.27. The number of rotatable bonds is 6. The molecular weight excluding hydrogens is 372 g/mol. The molecular formula is C18H21BrN2O3. The SMILES string of the molecule is COc1ccc(C(C)NC(=O)NCc2ccccc2Br)cc1OC. The van der Waals surface area contributed by atoms with Crippen LogP contribution >= 0.6 is 15.9 Å². The van der Waals surface area contributed by atoms with E-state index in [1.54, 1.807) is 14.2 Å². The van der Waals surface area contributed by atoms with E-state index in [2.05, 4.69) is 26.6 Å². The molecule has 0 heterocycles. The Bertz CT molecular complexity index is 706.